The van der Waals surface area contributed by atoms with Gasteiger partial charge in [0.05, 0.1) is 11.4 Å². The standard InChI is InChI=1S/C9H12ClN5/c1-4-8-11-12-9(10)15(8)7-5-14(3)13-6(7)2/h5H,4H2,1-3H3. The minimum atomic E-state index is 0.378. The number of nitrogens with zero attached hydrogens (tertiary/aromatic N) is 5. The maximum atomic E-state index is 5.99. The number of rotatable bonds is 2. The molecule has 0 unspecified atom stereocenters. The Hall–Kier alpha value is -1.36. The van der Waals surface area contributed by atoms with E-state index in [1.165, 1.54) is 0 Å². The molecule has 0 bridgehead atoms. The van der Waals surface area contributed by atoms with E-state index in [0.717, 1.165) is 23.6 Å². The van der Waals surface area contributed by atoms with Crippen LogP contribution in [0.15, 0.2) is 6.20 Å². The monoisotopic (exact) mass is 225 g/mol. The Morgan fingerprint density at radius 2 is 2.13 bits per heavy atom. The van der Waals surface area contributed by atoms with E-state index in [2.05, 4.69) is 15.3 Å². The predicted octanol–water partition coefficient (Wildman–Crippen LogP) is 1.53. The number of halogens is 1. The second-order valence-electron chi connectivity index (χ2n) is 3.35. The molecule has 0 fully saturated rings. The normalized spacial score (nSPS) is 10.9. The first-order valence-electron chi connectivity index (χ1n) is 4.74. The Balaban J connectivity index is 2.62. The zero-order chi connectivity index (χ0) is 11.0. The molecule has 0 saturated carbocycles. The third-order valence-corrected chi connectivity index (χ3v) is 2.48. The first-order chi connectivity index (χ1) is 7.13. The van der Waals surface area contributed by atoms with Crippen LogP contribution in [0, 0.1) is 6.92 Å². The van der Waals surface area contributed by atoms with Gasteiger partial charge in [-0.1, -0.05) is 6.92 Å². The highest BCUT2D eigenvalue weighted by atomic mass is 35.5. The van der Waals surface area contributed by atoms with Crippen LogP contribution in [0.2, 0.25) is 5.28 Å². The minimum Gasteiger partial charge on any atom is -0.273 e. The molecule has 2 rings (SSSR count). The van der Waals surface area contributed by atoms with Crippen LogP contribution in [-0.4, -0.2) is 24.5 Å². The summed E-state index contributed by atoms with van der Waals surface area (Å²) < 4.78 is 3.57. The summed E-state index contributed by atoms with van der Waals surface area (Å²) in [5.41, 5.74) is 1.85. The first-order valence-corrected chi connectivity index (χ1v) is 5.11. The van der Waals surface area contributed by atoms with Gasteiger partial charge in [-0.25, -0.2) is 0 Å². The maximum absolute atomic E-state index is 5.99. The maximum Gasteiger partial charge on any atom is 0.229 e. The molecule has 15 heavy (non-hydrogen) atoms. The number of aryl methyl sites for hydroxylation is 3. The number of hydrogen-bond acceptors (Lipinski definition) is 3. The molecule has 6 heteroatoms. The van der Waals surface area contributed by atoms with Crippen LogP contribution in [-0.2, 0) is 13.5 Å². The summed E-state index contributed by atoms with van der Waals surface area (Å²) in [5, 5.41) is 12.5. The smallest absolute Gasteiger partial charge is 0.229 e. The molecule has 2 aromatic rings. The highest BCUT2D eigenvalue weighted by molar-refractivity contribution is 6.28. The van der Waals surface area contributed by atoms with Gasteiger partial charge in [-0.3, -0.25) is 9.25 Å². The van der Waals surface area contributed by atoms with Crippen molar-refractivity contribution in [3.8, 4) is 5.69 Å². The molecule has 0 aliphatic heterocycles. The molecule has 0 aliphatic rings. The zero-order valence-corrected chi connectivity index (χ0v) is 9.65. The summed E-state index contributed by atoms with van der Waals surface area (Å²) >= 11 is 5.99. The molecule has 2 aromatic heterocycles. The molecule has 0 aromatic carbocycles. The lowest BCUT2D eigenvalue weighted by Crippen LogP contribution is -2.00. The predicted molar refractivity (Wildman–Crippen MR) is 57.3 cm³/mol. The van der Waals surface area contributed by atoms with E-state index >= 15 is 0 Å². The van der Waals surface area contributed by atoms with E-state index in [1.807, 2.05) is 31.7 Å². The van der Waals surface area contributed by atoms with Gasteiger partial charge < -0.3 is 0 Å². The summed E-state index contributed by atoms with van der Waals surface area (Å²) in [6.07, 6.45) is 2.69. The molecule has 0 atom stereocenters. The molecular weight excluding hydrogens is 214 g/mol. The fourth-order valence-corrected chi connectivity index (χ4v) is 1.80. The van der Waals surface area contributed by atoms with Crippen molar-refractivity contribution in [3.05, 3.63) is 23.0 Å². The Kier molecular flexibility index (Phi) is 2.48. The van der Waals surface area contributed by atoms with Crippen molar-refractivity contribution in [2.24, 2.45) is 7.05 Å². The van der Waals surface area contributed by atoms with E-state index in [0.29, 0.717) is 5.28 Å². The molecule has 0 saturated heterocycles. The van der Waals surface area contributed by atoms with Crippen molar-refractivity contribution in [1.29, 1.82) is 0 Å². The second kappa shape index (κ2) is 3.66. The molecule has 0 aliphatic carbocycles. The third-order valence-electron chi connectivity index (χ3n) is 2.24. The highest BCUT2D eigenvalue weighted by Crippen LogP contribution is 2.19. The van der Waals surface area contributed by atoms with Gasteiger partial charge in [0.2, 0.25) is 5.28 Å². The molecule has 0 radical (unpaired) electrons. The number of aromatic nitrogens is 5. The van der Waals surface area contributed by atoms with Gasteiger partial charge >= 0.3 is 0 Å². The van der Waals surface area contributed by atoms with Crippen molar-refractivity contribution < 1.29 is 0 Å². The van der Waals surface area contributed by atoms with Crippen molar-refractivity contribution in [2.75, 3.05) is 0 Å². The Morgan fingerprint density at radius 3 is 2.67 bits per heavy atom. The van der Waals surface area contributed by atoms with Crippen LogP contribution in [0.1, 0.15) is 18.4 Å². The van der Waals surface area contributed by atoms with Crippen molar-refractivity contribution in [1.82, 2.24) is 24.5 Å². The molecule has 0 N–H and O–H groups in total. The van der Waals surface area contributed by atoms with Gasteiger partial charge in [0.25, 0.3) is 0 Å². The average Bonchev–Trinajstić information content (AvgIpc) is 2.69. The fraction of sp³-hybridized carbons (Fsp3) is 0.444. The largest absolute Gasteiger partial charge is 0.273 e. The van der Waals surface area contributed by atoms with Crippen LogP contribution in [0.3, 0.4) is 0 Å². The van der Waals surface area contributed by atoms with Crippen LogP contribution >= 0.6 is 11.6 Å². The molecule has 0 amide bonds. The van der Waals surface area contributed by atoms with Gasteiger partial charge in [0.1, 0.15) is 5.82 Å². The molecular formula is C9H12ClN5. The van der Waals surface area contributed by atoms with Crippen LogP contribution < -0.4 is 0 Å². The Labute approximate surface area is 92.7 Å². The van der Waals surface area contributed by atoms with Crippen molar-refractivity contribution in [2.45, 2.75) is 20.3 Å². The SMILES string of the molecule is CCc1nnc(Cl)n1-c1cn(C)nc1C. The third kappa shape index (κ3) is 1.63. The van der Waals surface area contributed by atoms with Gasteiger partial charge in [-0.05, 0) is 18.5 Å². The molecule has 2 heterocycles. The lowest BCUT2D eigenvalue weighted by molar-refractivity contribution is 0.756. The topological polar surface area (TPSA) is 48.5 Å². The molecule has 0 spiro atoms. The lowest BCUT2D eigenvalue weighted by Gasteiger charge is -2.03. The summed E-state index contributed by atoms with van der Waals surface area (Å²) in [6.45, 7) is 3.95. The van der Waals surface area contributed by atoms with Crippen molar-refractivity contribution in [3.63, 3.8) is 0 Å². The van der Waals surface area contributed by atoms with Gasteiger partial charge in [0.15, 0.2) is 0 Å². The Morgan fingerprint density at radius 1 is 1.40 bits per heavy atom. The second-order valence-corrected chi connectivity index (χ2v) is 3.69. The summed E-state index contributed by atoms with van der Waals surface area (Å²) in [6, 6.07) is 0. The molecule has 80 valence electrons. The summed E-state index contributed by atoms with van der Waals surface area (Å²) in [7, 11) is 1.88. The van der Waals surface area contributed by atoms with E-state index in [1.54, 1.807) is 4.68 Å². The summed E-state index contributed by atoms with van der Waals surface area (Å²) in [5.74, 6) is 0.844. The van der Waals surface area contributed by atoms with Crippen LogP contribution in [0.4, 0.5) is 0 Å². The number of hydrogen-bond donors (Lipinski definition) is 0. The first kappa shape index (κ1) is 10.2. The van der Waals surface area contributed by atoms with E-state index in [9.17, 15) is 0 Å². The minimum absolute atomic E-state index is 0.378. The molecule has 5 nitrogen and oxygen atoms in total. The van der Waals surface area contributed by atoms with Gasteiger partial charge in [0, 0.05) is 19.7 Å². The van der Waals surface area contributed by atoms with Crippen molar-refractivity contribution >= 4 is 11.6 Å². The van der Waals surface area contributed by atoms with E-state index < -0.39 is 0 Å². The zero-order valence-electron chi connectivity index (χ0n) is 8.90. The summed E-state index contributed by atoms with van der Waals surface area (Å²) in [4.78, 5) is 0. The van der Waals surface area contributed by atoms with Gasteiger partial charge in [-0.2, -0.15) is 5.10 Å². The average molecular weight is 226 g/mol. The highest BCUT2D eigenvalue weighted by Gasteiger charge is 2.14. The lowest BCUT2D eigenvalue weighted by atomic mass is 10.3. The fourth-order valence-electron chi connectivity index (χ4n) is 1.57. The van der Waals surface area contributed by atoms with Crippen LogP contribution in [0.5, 0.6) is 0 Å². The quantitative estimate of drug-likeness (QED) is 0.779. The van der Waals surface area contributed by atoms with Gasteiger partial charge in [-0.15, -0.1) is 10.2 Å². The van der Waals surface area contributed by atoms with E-state index in [-0.39, 0.29) is 0 Å². The Bertz CT molecular complexity index is 485. The van der Waals surface area contributed by atoms with E-state index in [4.69, 9.17) is 11.6 Å². The van der Waals surface area contributed by atoms with Crippen LogP contribution in [0.25, 0.3) is 5.69 Å².